The molecule has 0 aliphatic heterocycles. The van der Waals surface area contributed by atoms with Crippen molar-refractivity contribution < 1.29 is 4.74 Å². The molecule has 0 heterocycles. The number of nitrogens with one attached hydrogen (secondary N) is 1. The van der Waals surface area contributed by atoms with Crippen molar-refractivity contribution in [2.75, 3.05) is 34.8 Å². The highest BCUT2D eigenvalue weighted by atomic mass is 16.5. The van der Waals surface area contributed by atoms with E-state index in [2.05, 4.69) is 36.4 Å². The Morgan fingerprint density at radius 3 is 2.67 bits per heavy atom. The van der Waals surface area contributed by atoms with E-state index in [-0.39, 0.29) is 0 Å². The molecule has 1 N–H and O–H groups in total. The van der Waals surface area contributed by atoms with E-state index in [4.69, 9.17) is 4.74 Å². The van der Waals surface area contributed by atoms with Crippen LogP contribution in [0.25, 0.3) is 0 Å². The zero-order valence-corrected chi connectivity index (χ0v) is 9.95. The molecule has 0 fully saturated rings. The van der Waals surface area contributed by atoms with Crippen molar-refractivity contribution in [1.29, 1.82) is 0 Å². The van der Waals surface area contributed by atoms with E-state index in [1.165, 1.54) is 5.56 Å². The van der Waals surface area contributed by atoms with Crippen LogP contribution in [0.4, 0.5) is 0 Å². The SMILES string of the molecule is CNC(CN(C)C)c1cccc(OC)c1. The van der Waals surface area contributed by atoms with Gasteiger partial charge in [0, 0.05) is 12.6 Å². The van der Waals surface area contributed by atoms with Crippen molar-refractivity contribution in [3.63, 3.8) is 0 Å². The predicted molar refractivity (Wildman–Crippen MR) is 63.3 cm³/mol. The summed E-state index contributed by atoms with van der Waals surface area (Å²) in [6.07, 6.45) is 0. The van der Waals surface area contributed by atoms with E-state index in [9.17, 15) is 0 Å². The van der Waals surface area contributed by atoms with E-state index in [1.807, 2.05) is 19.2 Å². The molecule has 84 valence electrons. The molecular formula is C12H20N2O. The quantitative estimate of drug-likeness (QED) is 0.794. The first-order valence-electron chi connectivity index (χ1n) is 5.13. The van der Waals surface area contributed by atoms with Crippen LogP contribution in [0.5, 0.6) is 5.75 Å². The Morgan fingerprint density at radius 1 is 1.40 bits per heavy atom. The molecule has 0 aliphatic rings. The van der Waals surface area contributed by atoms with Crippen LogP contribution in [-0.4, -0.2) is 39.7 Å². The van der Waals surface area contributed by atoms with Gasteiger partial charge in [0.05, 0.1) is 7.11 Å². The summed E-state index contributed by atoms with van der Waals surface area (Å²) >= 11 is 0. The Morgan fingerprint density at radius 2 is 2.13 bits per heavy atom. The number of methoxy groups -OCH3 is 1. The lowest BCUT2D eigenvalue weighted by atomic mass is 10.1. The van der Waals surface area contributed by atoms with Crippen molar-refractivity contribution >= 4 is 0 Å². The summed E-state index contributed by atoms with van der Waals surface area (Å²) < 4.78 is 5.21. The molecule has 0 bridgehead atoms. The Hall–Kier alpha value is -1.06. The van der Waals surface area contributed by atoms with Crippen molar-refractivity contribution in [3.8, 4) is 5.75 Å². The van der Waals surface area contributed by atoms with Gasteiger partial charge in [0.15, 0.2) is 0 Å². The van der Waals surface area contributed by atoms with E-state index in [0.29, 0.717) is 6.04 Å². The average molecular weight is 208 g/mol. The number of hydrogen-bond acceptors (Lipinski definition) is 3. The van der Waals surface area contributed by atoms with Crippen LogP contribution < -0.4 is 10.1 Å². The molecule has 0 spiro atoms. The zero-order valence-electron chi connectivity index (χ0n) is 9.95. The molecule has 0 radical (unpaired) electrons. The van der Waals surface area contributed by atoms with Crippen LogP contribution in [0, 0.1) is 0 Å². The van der Waals surface area contributed by atoms with Gasteiger partial charge in [-0.05, 0) is 38.8 Å². The number of likely N-dealkylation sites (N-methyl/N-ethyl adjacent to an activating group) is 2. The number of ether oxygens (including phenoxy) is 1. The van der Waals surface area contributed by atoms with Gasteiger partial charge in [-0.1, -0.05) is 12.1 Å². The lowest BCUT2D eigenvalue weighted by Crippen LogP contribution is -2.28. The highest BCUT2D eigenvalue weighted by molar-refractivity contribution is 5.30. The van der Waals surface area contributed by atoms with Gasteiger partial charge in [0.2, 0.25) is 0 Å². The number of nitrogens with zero attached hydrogens (tertiary/aromatic N) is 1. The molecule has 1 atom stereocenters. The van der Waals surface area contributed by atoms with E-state index >= 15 is 0 Å². The molecule has 1 unspecified atom stereocenters. The maximum absolute atomic E-state index is 5.21. The summed E-state index contributed by atoms with van der Waals surface area (Å²) in [5.41, 5.74) is 1.26. The highest BCUT2D eigenvalue weighted by Crippen LogP contribution is 2.19. The summed E-state index contributed by atoms with van der Waals surface area (Å²) in [6.45, 7) is 0.976. The van der Waals surface area contributed by atoms with Crippen LogP contribution in [-0.2, 0) is 0 Å². The van der Waals surface area contributed by atoms with Gasteiger partial charge in [-0.3, -0.25) is 0 Å². The third-order valence-corrected chi connectivity index (χ3v) is 2.39. The van der Waals surface area contributed by atoms with Crippen molar-refractivity contribution in [1.82, 2.24) is 10.2 Å². The second-order valence-electron chi connectivity index (χ2n) is 3.88. The minimum Gasteiger partial charge on any atom is -0.497 e. The van der Waals surface area contributed by atoms with Gasteiger partial charge in [-0.2, -0.15) is 0 Å². The molecule has 1 aromatic rings. The maximum atomic E-state index is 5.21. The van der Waals surface area contributed by atoms with Crippen LogP contribution in [0.2, 0.25) is 0 Å². The summed E-state index contributed by atoms with van der Waals surface area (Å²) in [6, 6.07) is 8.52. The van der Waals surface area contributed by atoms with Crippen molar-refractivity contribution in [2.45, 2.75) is 6.04 Å². The third-order valence-electron chi connectivity index (χ3n) is 2.39. The normalized spacial score (nSPS) is 12.9. The fourth-order valence-electron chi connectivity index (χ4n) is 1.59. The Labute approximate surface area is 92.0 Å². The molecule has 0 aliphatic carbocycles. The summed E-state index contributed by atoms with van der Waals surface area (Å²) in [5.74, 6) is 0.909. The minimum absolute atomic E-state index is 0.343. The molecule has 0 aromatic heterocycles. The number of hydrogen-bond donors (Lipinski definition) is 1. The molecule has 1 aromatic carbocycles. The Balaban J connectivity index is 2.81. The Kier molecular flexibility index (Phi) is 4.59. The van der Waals surface area contributed by atoms with E-state index < -0.39 is 0 Å². The second kappa shape index (κ2) is 5.73. The van der Waals surface area contributed by atoms with Crippen LogP contribution >= 0.6 is 0 Å². The molecule has 3 heteroatoms. The van der Waals surface area contributed by atoms with Gasteiger partial charge in [0.1, 0.15) is 5.75 Å². The second-order valence-corrected chi connectivity index (χ2v) is 3.88. The smallest absolute Gasteiger partial charge is 0.119 e. The Bertz CT molecular complexity index is 299. The summed E-state index contributed by atoms with van der Waals surface area (Å²) in [5, 5.41) is 3.30. The molecular weight excluding hydrogens is 188 g/mol. The first-order valence-corrected chi connectivity index (χ1v) is 5.13. The molecule has 3 nitrogen and oxygen atoms in total. The van der Waals surface area contributed by atoms with Crippen LogP contribution in [0.1, 0.15) is 11.6 Å². The topological polar surface area (TPSA) is 24.5 Å². The number of benzene rings is 1. The van der Waals surface area contributed by atoms with Gasteiger partial charge >= 0.3 is 0 Å². The summed E-state index contributed by atoms with van der Waals surface area (Å²) in [4.78, 5) is 2.17. The van der Waals surface area contributed by atoms with E-state index in [0.717, 1.165) is 12.3 Å². The molecule has 15 heavy (non-hydrogen) atoms. The number of rotatable bonds is 5. The van der Waals surface area contributed by atoms with Crippen LogP contribution in [0.15, 0.2) is 24.3 Å². The zero-order chi connectivity index (χ0) is 11.3. The van der Waals surface area contributed by atoms with Gasteiger partial charge in [-0.15, -0.1) is 0 Å². The minimum atomic E-state index is 0.343. The highest BCUT2D eigenvalue weighted by Gasteiger charge is 2.10. The monoisotopic (exact) mass is 208 g/mol. The first kappa shape index (κ1) is 12.0. The maximum Gasteiger partial charge on any atom is 0.119 e. The summed E-state index contributed by atoms with van der Waals surface area (Å²) in [7, 11) is 7.82. The van der Waals surface area contributed by atoms with Crippen molar-refractivity contribution in [2.24, 2.45) is 0 Å². The largest absolute Gasteiger partial charge is 0.497 e. The van der Waals surface area contributed by atoms with Gasteiger partial charge in [0.25, 0.3) is 0 Å². The fourth-order valence-corrected chi connectivity index (χ4v) is 1.59. The van der Waals surface area contributed by atoms with Gasteiger partial charge < -0.3 is 15.0 Å². The third kappa shape index (κ3) is 3.53. The fraction of sp³-hybridized carbons (Fsp3) is 0.500. The van der Waals surface area contributed by atoms with Gasteiger partial charge in [-0.25, -0.2) is 0 Å². The molecule has 0 saturated heterocycles. The molecule has 0 amide bonds. The van der Waals surface area contributed by atoms with Crippen LogP contribution in [0.3, 0.4) is 0 Å². The van der Waals surface area contributed by atoms with Crippen molar-refractivity contribution in [3.05, 3.63) is 29.8 Å². The lowest BCUT2D eigenvalue weighted by Gasteiger charge is -2.21. The lowest BCUT2D eigenvalue weighted by molar-refractivity contribution is 0.351. The standard InChI is InChI=1S/C12H20N2O/c1-13-12(9-14(2)3)10-6-5-7-11(8-10)15-4/h5-8,12-13H,9H2,1-4H3. The predicted octanol–water partition coefficient (Wildman–Crippen LogP) is 1.52. The molecule has 0 saturated carbocycles. The first-order chi connectivity index (χ1) is 7.17. The molecule has 1 rings (SSSR count). The van der Waals surface area contributed by atoms with E-state index in [1.54, 1.807) is 7.11 Å². The average Bonchev–Trinajstić information content (AvgIpc) is 2.25.